The lowest BCUT2D eigenvalue weighted by atomic mass is 9.97. The van der Waals surface area contributed by atoms with Crippen LogP contribution >= 0.6 is 0 Å². The molecule has 0 unspecified atom stereocenters. The van der Waals surface area contributed by atoms with Gasteiger partial charge in [0.1, 0.15) is 0 Å². The van der Waals surface area contributed by atoms with E-state index in [0.717, 1.165) is 6.08 Å². The highest BCUT2D eigenvalue weighted by atomic mass is 16.5. The molecule has 0 fully saturated rings. The van der Waals surface area contributed by atoms with Crippen molar-refractivity contribution in [2.24, 2.45) is 5.73 Å². The quantitative estimate of drug-likeness (QED) is 0.383. The lowest BCUT2D eigenvalue weighted by molar-refractivity contribution is -0.189. The van der Waals surface area contributed by atoms with E-state index >= 15 is 0 Å². The fourth-order valence-electron chi connectivity index (χ4n) is 2.41. The first-order chi connectivity index (χ1) is 10.7. The first kappa shape index (κ1) is 18.9. The van der Waals surface area contributed by atoms with Crippen LogP contribution in [-0.4, -0.2) is 57.4 Å². The molecule has 9 nitrogen and oxygen atoms in total. The van der Waals surface area contributed by atoms with Crippen LogP contribution in [0.15, 0.2) is 11.8 Å². The molecule has 0 aromatic heterocycles. The maximum absolute atomic E-state index is 12.5. The molecule has 0 spiro atoms. The van der Waals surface area contributed by atoms with Crippen molar-refractivity contribution in [3.8, 4) is 0 Å². The molecular formula is C14H23N3O6. The Bertz CT molecular complexity index is 503. The highest BCUT2D eigenvalue weighted by molar-refractivity contribution is 5.88. The average molecular weight is 329 g/mol. The minimum absolute atomic E-state index is 0.445. The molecule has 23 heavy (non-hydrogen) atoms. The molecule has 0 radical (unpaired) electrons. The maximum Gasteiger partial charge on any atom is 0.370 e. The van der Waals surface area contributed by atoms with Gasteiger partial charge in [-0.2, -0.15) is 0 Å². The number of nitrogens with two attached hydrogens (primary N) is 1. The van der Waals surface area contributed by atoms with Gasteiger partial charge in [-0.05, 0) is 18.9 Å². The maximum atomic E-state index is 12.5. The van der Waals surface area contributed by atoms with Crippen molar-refractivity contribution in [2.75, 3.05) is 0 Å². The molecule has 1 rings (SSSR count). The predicted octanol–water partition coefficient (Wildman–Crippen LogP) is -0.408. The number of carboxylic acid groups (broad SMARTS) is 1. The Kier molecular flexibility index (Phi) is 6.52. The topological polar surface area (TPSA) is 142 Å². The Hall–Kier alpha value is -2.13. The molecular weight excluding hydrogens is 306 g/mol. The molecule has 1 aliphatic rings. The third-order valence-corrected chi connectivity index (χ3v) is 3.68. The Morgan fingerprint density at radius 2 is 1.96 bits per heavy atom. The Balaban J connectivity index is 3.10. The molecule has 1 aliphatic heterocycles. The standard InChI is InChI=1S/C14H23N3O6/c1-4-8(5-2)17(22)13(19)12-11(16-7(3)18)9(15)6-10(23-12)14(20)21/h6,8-9,11-12,22H,4-5,15H2,1-3H3,(H,16,18)(H,20,21)/t9-,11+,12+/m0/s1. The van der Waals surface area contributed by atoms with E-state index in [1.807, 2.05) is 0 Å². The summed E-state index contributed by atoms with van der Waals surface area (Å²) >= 11 is 0. The largest absolute Gasteiger partial charge is 0.475 e. The summed E-state index contributed by atoms with van der Waals surface area (Å²) in [7, 11) is 0. The molecule has 9 heteroatoms. The minimum Gasteiger partial charge on any atom is -0.475 e. The minimum atomic E-state index is -1.42. The fourth-order valence-corrected chi connectivity index (χ4v) is 2.41. The molecule has 0 bridgehead atoms. The molecule has 0 aliphatic carbocycles. The molecule has 130 valence electrons. The van der Waals surface area contributed by atoms with E-state index in [0.29, 0.717) is 17.9 Å². The molecule has 0 aromatic rings. The first-order valence-electron chi connectivity index (χ1n) is 7.39. The number of ether oxygens (including phenoxy) is 1. The molecule has 3 atom stereocenters. The fraction of sp³-hybridized carbons (Fsp3) is 0.643. The second-order valence-electron chi connectivity index (χ2n) is 5.33. The first-order valence-corrected chi connectivity index (χ1v) is 7.39. The van der Waals surface area contributed by atoms with Gasteiger partial charge in [-0.25, -0.2) is 9.86 Å². The molecule has 0 saturated heterocycles. The van der Waals surface area contributed by atoms with E-state index < -0.39 is 47.8 Å². The summed E-state index contributed by atoms with van der Waals surface area (Å²) < 4.78 is 5.17. The number of hydroxylamine groups is 2. The van der Waals surface area contributed by atoms with Crippen molar-refractivity contribution in [2.45, 2.75) is 57.8 Å². The number of carbonyl (C=O) groups excluding carboxylic acids is 2. The van der Waals surface area contributed by atoms with Crippen LogP contribution in [0.4, 0.5) is 0 Å². The van der Waals surface area contributed by atoms with Crippen molar-refractivity contribution < 1.29 is 29.4 Å². The van der Waals surface area contributed by atoms with Gasteiger partial charge in [0.05, 0.1) is 18.1 Å². The van der Waals surface area contributed by atoms with E-state index in [1.54, 1.807) is 13.8 Å². The predicted molar refractivity (Wildman–Crippen MR) is 79.2 cm³/mol. The average Bonchev–Trinajstić information content (AvgIpc) is 2.48. The van der Waals surface area contributed by atoms with E-state index in [4.69, 9.17) is 15.6 Å². The number of hydrogen-bond donors (Lipinski definition) is 4. The van der Waals surface area contributed by atoms with Crippen LogP contribution in [0.25, 0.3) is 0 Å². The van der Waals surface area contributed by atoms with E-state index in [2.05, 4.69) is 5.32 Å². The smallest absolute Gasteiger partial charge is 0.370 e. The van der Waals surface area contributed by atoms with Crippen molar-refractivity contribution >= 4 is 17.8 Å². The molecule has 5 N–H and O–H groups in total. The number of carboxylic acids is 1. The van der Waals surface area contributed by atoms with E-state index in [1.165, 1.54) is 6.92 Å². The van der Waals surface area contributed by atoms with Crippen molar-refractivity contribution in [3.05, 3.63) is 11.8 Å². The van der Waals surface area contributed by atoms with Gasteiger partial charge in [-0.1, -0.05) is 13.8 Å². The van der Waals surface area contributed by atoms with E-state index in [9.17, 15) is 19.6 Å². The SMILES string of the molecule is CCC(CC)N(O)C(=O)[C@@H]1OC(C(=O)O)=C[C@H](N)[C@H]1NC(C)=O. The zero-order valence-electron chi connectivity index (χ0n) is 13.4. The summed E-state index contributed by atoms with van der Waals surface area (Å²) in [5.74, 6) is -3.17. The second kappa shape index (κ2) is 7.93. The lowest BCUT2D eigenvalue weighted by Crippen LogP contribution is -2.61. The third-order valence-electron chi connectivity index (χ3n) is 3.68. The normalized spacial score (nSPS) is 23.7. The van der Waals surface area contributed by atoms with Crippen molar-refractivity contribution in [3.63, 3.8) is 0 Å². The second-order valence-corrected chi connectivity index (χ2v) is 5.33. The summed E-state index contributed by atoms with van der Waals surface area (Å²) in [6.07, 6.45) is 0.704. The molecule has 2 amide bonds. The number of nitrogens with one attached hydrogen (secondary N) is 1. The van der Waals surface area contributed by atoms with Crippen LogP contribution in [0.5, 0.6) is 0 Å². The Labute approximate surface area is 134 Å². The van der Waals surface area contributed by atoms with Crippen LogP contribution in [0.1, 0.15) is 33.6 Å². The number of aliphatic carboxylic acids is 1. The summed E-state index contributed by atoms with van der Waals surface area (Å²) in [6, 6.07) is -2.37. The van der Waals surface area contributed by atoms with Crippen LogP contribution in [-0.2, 0) is 19.1 Å². The van der Waals surface area contributed by atoms with Gasteiger partial charge in [0.15, 0.2) is 0 Å². The van der Waals surface area contributed by atoms with Gasteiger partial charge in [-0.3, -0.25) is 14.8 Å². The summed E-state index contributed by atoms with van der Waals surface area (Å²) in [5, 5.41) is 22.1. The highest BCUT2D eigenvalue weighted by Gasteiger charge is 2.43. The third kappa shape index (κ3) is 4.42. The van der Waals surface area contributed by atoms with Gasteiger partial charge in [0, 0.05) is 6.92 Å². The lowest BCUT2D eigenvalue weighted by Gasteiger charge is -2.36. The monoisotopic (exact) mass is 329 g/mol. The highest BCUT2D eigenvalue weighted by Crippen LogP contribution is 2.21. The van der Waals surface area contributed by atoms with Crippen molar-refractivity contribution in [1.82, 2.24) is 10.4 Å². The van der Waals surface area contributed by atoms with Crippen LogP contribution in [0.2, 0.25) is 0 Å². The van der Waals surface area contributed by atoms with E-state index in [-0.39, 0.29) is 0 Å². The number of nitrogens with zero attached hydrogens (tertiary/aromatic N) is 1. The van der Waals surface area contributed by atoms with Gasteiger partial charge in [0.25, 0.3) is 5.91 Å². The number of rotatable bonds is 6. The molecule has 1 heterocycles. The Morgan fingerprint density at radius 1 is 1.39 bits per heavy atom. The van der Waals surface area contributed by atoms with Gasteiger partial charge in [0.2, 0.25) is 17.8 Å². The van der Waals surface area contributed by atoms with Crippen LogP contribution in [0, 0.1) is 0 Å². The number of hydrogen-bond acceptors (Lipinski definition) is 6. The van der Waals surface area contributed by atoms with Gasteiger partial charge in [-0.15, -0.1) is 0 Å². The molecule has 0 aromatic carbocycles. The van der Waals surface area contributed by atoms with Gasteiger partial charge >= 0.3 is 5.97 Å². The summed E-state index contributed by atoms with van der Waals surface area (Å²) in [6.45, 7) is 4.83. The Morgan fingerprint density at radius 3 is 2.39 bits per heavy atom. The van der Waals surface area contributed by atoms with Crippen molar-refractivity contribution in [1.29, 1.82) is 0 Å². The summed E-state index contributed by atoms with van der Waals surface area (Å²) in [4.78, 5) is 34.9. The molecule has 0 saturated carbocycles. The number of amides is 2. The zero-order valence-corrected chi connectivity index (χ0v) is 13.4. The summed E-state index contributed by atoms with van der Waals surface area (Å²) in [5.41, 5.74) is 5.84. The van der Waals surface area contributed by atoms with Gasteiger partial charge < -0.3 is 20.9 Å². The number of carbonyl (C=O) groups is 3. The van der Waals surface area contributed by atoms with Crippen LogP contribution < -0.4 is 11.1 Å². The van der Waals surface area contributed by atoms with Crippen LogP contribution in [0.3, 0.4) is 0 Å². The zero-order chi connectivity index (χ0) is 17.7.